The predicted molar refractivity (Wildman–Crippen MR) is 86.0 cm³/mol. The van der Waals surface area contributed by atoms with E-state index < -0.39 is 6.10 Å². The van der Waals surface area contributed by atoms with Crippen LogP contribution in [0.15, 0.2) is 54.6 Å². The number of hydrogen-bond donors (Lipinski definition) is 3. The normalized spacial score (nSPS) is 11.5. The summed E-state index contributed by atoms with van der Waals surface area (Å²) in [5.41, 5.74) is 1.43. The summed E-state index contributed by atoms with van der Waals surface area (Å²) in [7, 11) is 0. The monoisotopic (exact) mass is 300 g/mol. The number of hydrogen-bond acceptors (Lipinski definition) is 3. The number of rotatable bonds is 6. The van der Waals surface area contributed by atoms with Gasteiger partial charge in [0, 0.05) is 12.2 Å². The SMILES string of the molecule is CCOc1ccc(NC(=O)NC[C@@H](O)c2ccccc2)cc1. The molecule has 0 saturated carbocycles. The molecule has 3 N–H and O–H groups in total. The molecule has 2 aromatic carbocycles. The van der Waals surface area contributed by atoms with Gasteiger partial charge >= 0.3 is 6.03 Å². The molecule has 0 spiro atoms. The zero-order chi connectivity index (χ0) is 15.8. The molecule has 5 heteroatoms. The van der Waals surface area contributed by atoms with E-state index >= 15 is 0 Å². The van der Waals surface area contributed by atoms with Crippen LogP contribution in [0, 0.1) is 0 Å². The van der Waals surface area contributed by atoms with Crippen molar-refractivity contribution in [3.8, 4) is 5.75 Å². The van der Waals surface area contributed by atoms with E-state index in [1.807, 2.05) is 37.3 Å². The highest BCUT2D eigenvalue weighted by molar-refractivity contribution is 5.89. The number of amides is 2. The third kappa shape index (κ3) is 4.79. The Labute approximate surface area is 129 Å². The van der Waals surface area contributed by atoms with Crippen LogP contribution in [-0.4, -0.2) is 24.3 Å². The number of carbonyl (C=O) groups is 1. The summed E-state index contributed by atoms with van der Waals surface area (Å²) < 4.78 is 5.33. The summed E-state index contributed by atoms with van der Waals surface area (Å²) in [6.45, 7) is 2.66. The van der Waals surface area contributed by atoms with Gasteiger partial charge in [0.1, 0.15) is 5.75 Å². The average molecular weight is 300 g/mol. The Balaban J connectivity index is 1.80. The van der Waals surface area contributed by atoms with E-state index in [9.17, 15) is 9.90 Å². The first-order valence-corrected chi connectivity index (χ1v) is 7.19. The molecule has 2 rings (SSSR count). The Morgan fingerprint density at radius 2 is 1.82 bits per heavy atom. The number of carbonyl (C=O) groups excluding carboxylic acids is 1. The predicted octanol–water partition coefficient (Wildman–Crippen LogP) is 2.94. The van der Waals surface area contributed by atoms with Crippen molar-refractivity contribution in [2.75, 3.05) is 18.5 Å². The van der Waals surface area contributed by atoms with Crippen molar-refractivity contribution in [1.29, 1.82) is 0 Å². The Morgan fingerprint density at radius 3 is 2.45 bits per heavy atom. The summed E-state index contributed by atoms with van der Waals surface area (Å²) in [6.07, 6.45) is -0.729. The van der Waals surface area contributed by atoms with Gasteiger partial charge in [0.15, 0.2) is 0 Å². The van der Waals surface area contributed by atoms with Crippen LogP contribution in [-0.2, 0) is 0 Å². The van der Waals surface area contributed by atoms with E-state index in [4.69, 9.17) is 4.74 Å². The lowest BCUT2D eigenvalue weighted by Crippen LogP contribution is -2.32. The minimum Gasteiger partial charge on any atom is -0.494 e. The van der Waals surface area contributed by atoms with E-state index in [1.165, 1.54) is 0 Å². The highest BCUT2D eigenvalue weighted by Gasteiger charge is 2.09. The van der Waals surface area contributed by atoms with Gasteiger partial charge in [-0.3, -0.25) is 0 Å². The summed E-state index contributed by atoms with van der Waals surface area (Å²) in [6, 6.07) is 15.9. The second-order valence-electron chi connectivity index (χ2n) is 4.72. The molecular formula is C17H20N2O3. The summed E-state index contributed by atoms with van der Waals surface area (Å²) in [5.74, 6) is 0.757. The zero-order valence-corrected chi connectivity index (χ0v) is 12.5. The van der Waals surface area contributed by atoms with Gasteiger partial charge in [-0.25, -0.2) is 4.79 Å². The Bertz CT molecular complexity index is 585. The first-order chi connectivity index (χ1) is 10.7. The molecule has 1 atom stereocenters. The Morgan fingerprint density at radius 1 is 1.14 bits per heavy atom. The Kier molecular flexibility index (Phi) is 5.80. The summed E-state index contributed by atoms with van der Waals surface area (Å²) in [5, 5.41) is 15.3. The van der Waals surface area contributed by atoms with Crippen LogP contribution in [0.4, 0.5) is 10.5 Å². The average Bonchev–Trinajstić information content (AvgIpc) is 2.55. The highest BCUT2D eigenvalue weighted by Crippen LogP contribution is 2.15. The van der Waals surface area contributed by atoms with E-state index in [2.05, 4.69) is 10.6 Å². The van der Waals surface area contributed by atoms with Crippen molar-refractivity contribution in [1.82, 2.24) is 5.32 Å². The van der Waals surface area contributed by atoms with Crippen molar-refractivity contribution < 1.29 is 14.6 Å². The van der Waals surface area contributed by atoms with Gasteiger partial charge in [-0.05, 0) is 36.8 Å². The topological polar surface area (TPSA) is 70.6 Å². The van der Waals surface area contributed by atoms with Gasteiger partial charge in [-0.15, -0.1) is 0 Å². The lowest BCUT2D eigenvalue weighted by Gasteiger charge is -2.13. The van der Waals surface area contributed by atoms with E-state index in [-0.39, 0.29) is 12.6 Å². The molecule has 0 aliphatic heterocycles. The van der Waals surface area contributed by atoms with Crippen molar-refractivity contribution in [3.63, 3.8) is 0 Å². The molecule has 116 valence electrons. The number of ether oxygens (including phenoxy) is 1. The molecule has 0 saturated heterocycles. The smallest absolute Gasteiger partial charge is 0.319 e. The maximum atomic E-state index is 11.8. The highest BCUT2D eigenvalue weighted by atomic mass is 16.5. The largest absolute Gasteiger partial charge is 0.494 e. The van der Waals surface area contributed by atoms with E-state index in [0.717, 1.165) is 11.3 Å². The molecule has 0 bridgehead atoms. The fourth-order valence-electron chi connectivity index (χ4n) is 1.96. The molecule has 0 radical (unpaired) electrons. The Hall–Kier alpha value is -2.53. The summed E-state index contributed by atoms with van der Waals surface area (Å²) >= 11 is 0. The van der Waals surface area contributed by atoms with Crippen molar-refractivity contribution in [2.45, 2.75) is 13.0 Å². The van der Waals surface area contributed by atoms with E-state index in [0.29, 0.717) is 12.3 Å². The van der Waals surface area contributed by atoms with Crippen LogP contribution in [0.5, 0.6) is 5.75 Å². The van der Waals surface area contributed by atoms with Crippen molar-refractivity contribution >= 4 is 11.7 Å². The molecule has 0 aliphatic rings. The first kappa shape index (κ1) is 15.9. The van der Waals surface area contributed by atoms with E-state index in [1.54, 1.807) is 24.3 Å². The van der Waals surface area contributed by atoms with Crippen LogP contribution < -0.4 is 15.4 Å². The number of nitrogens with one attached hydrogen (secondary N) is 2. The molecule has 2 amide bonds. The van der Waals surface area contributed by atoms with Gasteiger partial charge in [0.2, 0.25) is 0 Å². The molecule has 0 aromatic heterocycles. The fraction of sp³-hybridized carbons (Fsp3) is 0.235. The fourth-order valence-corrected chi connectivity index (χ4v) is 1.96. The van der Waals surface area contributed by atoms with Crippen LogP contribution in [0.3, 0.4) is 0 Å². The van der Waals surface area contributed by atoms with Gasteiger partial charge in [0.05, 0.1) is 12.7 Å². The lowest BCUT2D eigenvalue weighted by atomic mass is 10.1. The van der Waals surface area contributed by atoms with Crippen molar-refractivity contribution in [2.24, 2.45) is 0 Å². The third-order valence-electron chi connectivity index (χ3n) is 3.06. The number of aliphatic hydroxyl groups is 1. The van der Waals surface area contributed by atoms with Crippen molar-refractivity contribution in [3.05, 3.63) is 60.2 Å². The second kappa shape index (κ2) is 8.05. The minimum atomic E-state index is -0.729. The molecular weight excluding hydrogens is 280 g/mol. The molecule has 0 heterocycles. The molecule has 5 nitrogen and oxygen atoms in total. The summed E-state index contributed by atoms with van der Waals surface area (Å²) in [4.78, 5) is 11.8. The standard InChI is InChI=1S/C17H20N2O3/c1-2-22-15-10-8-14(9-11-15)19-17(21)18-12-16(20)13-6-4-3-5-7-13/h3-11,16,20H,2,12H2,1H3,(H2,18,19,21)/t16-/m1/s1. The molecule has 2 aromatic rings. The number of urea groups is 1. The molecule has 0 unspecified atom stereocenters. The molecule has 0 aliphatic carbocycles. The van der Waals surface area contributed by atoms with Crippen LogP contribution >= 0.6 is 0 Å². The van der Waals surface area contributed by atoms with Gasteiger partial charge in [-0.1, -0.05) is 30.3 Å². The van der Waals surface area contributed by atoms with Crippen LogP contribution in [0.25, 0.3) is 0 Å². The lowest BCUT2D eigenvalue weighted by molar-refractivity contribution is 0.175. The third-order valence-corrected chi connectivity index (χ3v) is 3.06. The maximum Gasteiger partial charge on any atom is 0.319 e. The quantitative estimate of drug-likeness (QED) is 0.768. The van der Waals surface area contributed by atoms with Gasteiger partial charge in [0.25, 0.3) is 0 Å². The zero-order valence-electron chi connectivity index (χ0n) is 12.5. The van der Waals surface area contributed by atoms with Gasteiger partial charge < -0.3 is 20.5 Å². The first-order valence-electron chi connectivity index (χ1n) is 7.19. The maximum absolute atomic E-state index is 11.8. The number of aliphatic hydroxyl groups excluding tert-OH is 1. The van der Waals surface area contributed by atoms with Crippen LogP contribution in [0.1, 0.15) is 18.6 Å². The second-order valence-corrected chi connectivity index (χ2v) is 4.72. The van der Waals surface area contributed by atoms with Crippen LogP contribution in [0.2, 0.25) is 0 Å². The molecule has 22 heavy (non-hydrogen) atoms. The molecule has 0 fully saturated rings. The van der Waals surface area contributed by atoms with Gasteiger partial charge in [-0.2, -0.15) is 0 Å². The minimum absolute atomic E-state index is 0.146. The number of anilines is 1. The number of benzene rings is 2.